The molecule has 0 aliphatic carbocycles. The number of carbonyl (C=O) groups is 2. The number of anilines is 1. The summed E-state index contributed by atoms with van der Waals surface area (Å²) in [5, 5.41) is 6.24. The zero-order valence-corrected chi connectivity index (χ0v) is 17.0. The molecule has 2 aromatic carbocycles. The number of rotatable bonds is 7. The van der Waals surface area contributed by atoms with Crippen LogP contribution in [0.4, 0.5) is 5.69 Å². The van der Waals surface area contributed by atoms with Gasteiger partial charge in [0.05, 0.1) is 10.7 Å². The highest BCUT2D eigenvalue weighted by Gasteiger charge is 2.12. The number of amides is 2. The van der Waals surface area contributed by atoms with Crippen molar-refractivity contribution in [2.45, 2.75) is 20.3 Å². The van der Waals surface area contributed by atoms with Crippen LogP contribution in [0.25, 0.3) is 0 Å². The molecule has 0 bridgehead atoms. The molecule has 27 heavy (non-hydrogen) atoms. The molecular weight excluding hydrogens is 362 g/mol. The first-order valence-corrected chi connectivity index (χ1v) is 9.27. The minimum Gasteiger partial charge on any atom is -0.352 e. The standard InChI is InChI=1S/C21H26ClN3O2/c1-14-12-15(2)19(18(22)13-14)24-21(27)17-8-6-16(7-9-17)20(26)23-10-5-11-25(3)4/h6-9,12-13H,5,10-11H2,1-4H3,(H,23,26)(H,24,27). The number of aryl methyl sites for hydroxylation is 2. The van der Waals surface area contributed by atoms with Crippen LogP contribution in [0.15, 0.2) is 36.4 Å². The number of carbonyl (C=O) groups excluding carboxylic acids is 2. The Kier molecular flexibility index (Phi) is 7.39. The number of nitrogens with zero attached hydrogens (tertiary/aromatic N) is 1. The summed E-state index contributed by atoms with van der Waals surface area (Å²) in [7, 11) is 3.99. The van der Waals surface area contributed by atoms with Gasteiger partial charge in [-0.1, -0.05) is 17.7 Å². The van der Waals surface area contributed by atoms with Gasteiger partial charge in [-0.3, -0.25) is 9.59 Å². The number of hydrogen-bond acceptors (Lipinski definition) is 3. The molecule has 0 radical (unpaired) electrons. The summed E-state index contributed by atoms with van der Waals surface area (Å²) < 4.78 is 0. The number of nitrogens with one attached hydrogen (secondary N) is 2. The lowest BCUT2D eigenvalue weighted by Gasteiger charge is -2.12. The van der Waals surface area contributed by atoms with Crippen molar-refractivity contribution in [2.75, 3.05) is 32.5 Å². The van der Waals surface area contributed by atoms with Gasteiger partial charge >= 0.3 is 0 Å². The molecule has 0 saturated carbocycles. The highest BCUT2D eigenvalue weighted by Crippen LogP contribution is 2.27. The normalized spacial score (nSPS) is 10.7. The maximum atomic E-state index is 12.5. The number of hydrogen-bond donors (Lipinski definition) is 2. The van der Waals surface area contributed by atoms with Gasteiger partial charge in [0.2, 0.25) is 0 Å². The maximum Gasteiger partial charge on any atom is 0.255 e. The van der Waals surface area contributed by atoms with Crippen LogP contribution in [-0.4, -0.2) is 43.9 Å². The van der Waals surface area contributed by atoms with Gasteiger partial charge in [0, 0.05) is 17.7 Å². The Bertz CT molecular complexity index is 794. The second-order valence-corrected chi connectivity index (χ2v) is 7.29. The van der Waals surface area contributed by atoms with E-state index in [0.717, 1.165) is 24.1 Å². The Balaban J connectivity index is 1.98. The third kappa shape index (κ3) is 6.08. The molecule has 0 aliphatic heterocycles. The van der Waals surface area contributed by atoms with Gasteiger partial charge < -0.3 is 15.5 Å². The van der Waals surface area contributed by atoms with Gasteiger partial charge in [-0.15, -0.1) is 0 Å². The third-order valence-electron chi connectivity index (χ3n) is 4.15. The van der Waals surface area contributed by atoms with Crippen LogP contribution >= 0.6 is 11.6 Å². The minimum atomic E-state index is -0.262. The van der Waals surface area contributed by atoms with Crippen molar-refractivity contribution in [2.24, 2.45) is 0 Å². The average molecular weight is 388 g/mol. The van der Waals surface area contributed by atoms with Crippen molar-refractivity contribution in [1.29, 1.82) is 0 Å². The Labute approximate surface area is 165 Å². The number of halogens is 1. The summed E-state index contributed by atoms with van der Waals surface area (Å²) >= 11 is 6.24. The van der Waals surface area contributed by atoms with Gasteiger partial charge in [0.15, 0.2) is 0 Å². The molecule has 0 saturated heterocycles. The molecule has 0 spiro atoms. The fourth-order valence-corrected chi connectivity index (χ4v) is 3.10. The molecule has 2 N–H and O–H groups in total. The van der Waals surface area contributed by atoms with E-state index in [-0.39, 0.29) is 11.8 Å². The average Bonchev–Trinajstić information content (AvgIpc) is 2.61. The predicted molar refractivity (Wildman–Crippen MR) is 111 cm³/mol. The van der Waals surface area contributed by atoms with Crippen molar-refractivity contribution < 1.29 is 9.59 Å². The Morgan fingerprint density at radius 3 is 2.15 bits per heavy atom. The van der Waals surface area contributed by atoms with E-state index in [2.05, 4.69) is 15.5 Å². The SMILES string of the molecule is Cc1cc(C)c(NC(=O)c2ccc(C(=O)NCCCN(C)C)cc2)c(Cl)c1. The maximum absolute atomic E-state index is 12.5. The lowest BCUT2D eigenvalue weighted by molar-refractivity contribution is 0.0950. The fourth-order valence-electron chi connectivity index (χ4n) is 2.73. The molecule has 0 aliphatic rings. The molecule has 5 nitrogen and oxygen atoms in total. The van der Waals surface area contributed by atoms with E-state index in [1.807, 2.05) is 40.1 Å². The van der Waals surface area contributed by atoms with E-state index < -0.39 is 0 Å². The number of benzene rings is 2. The largest absolute Gasteiger partial charge is 0.352 e. The first-order chi connectivity index (χ1) is 12.8. The van der Waals surface area contributed by atoms with Crippen molar-refractivity contribution >= 4 is 29.1 Å². The van der Waals surface area contributed by atoms with Crippen LogP contribution in [0, 0.1) is 13.8 Å². The molecule has 0 fully saturated rings. The van der Waals surface area contributed by atoms with E-state index in [9.17, 15) is 9.59 Å². The van der Waals surface area contributed by atoms with E-state index in [4.69, 9.17) is 11.6 Å². The van der Waals surface area contributed by atoms with Gasteiger partial charge in [-0.05, 0) is 82.4 Å². The van der Waals surface area contributed by atoms with Crippen LogP contribution in [0.2, 0.25) is 5.02 Å². The first-order valence-electron chi connectivity index (χ1n) is 8.89. The quantitative estimate of drug-likeness (QED) is 0.708. The molecule has 0 atom stereocenters. The van der Waals surface area contributed by atoms with Gasteiger partial charge in [-0.2, -0.15) is 0 Å². The minimum absolute atomic E-state index is 0.141. The second-order valence-electron chi connectivity index (χ2n) is 6.88. The monoisotopic (exact) mass is 387 g/mol. The summed E-state index contributed by atoms with van der Waals surface area (Å²) in [5.41, 5.74) is 3.55. The molecular formula is C21H26ClN3O2. The Hall–Kier alpha value is -2.37. The lowest BCUT2D eigenvalue weighted by Crippen LogP contribution is -2.27. The van der Waals surface area contributed by atoms with E-state index >= 15 is 0 Å². The zero-order valence-electron chi connectivity index (χ0n) is 16.2. The van der Waals surface area contributed by atoms with Gasteiger partial charge in [0.25, 0.3) is 11.8 Å². The van der Waals surface area contributed by atoms with Crippen LogP contribution < -0.4 is 10.6 Å². The second kappa shape index (κ2) is 9.53. The topological polar surface area (TPSA) is 61.4 Å². The summed E-state index contributed by atoms with van der Waals surface area (Å²) in [5.74, 6) is -0.403. The van der Waals surface area contributed by atoms with Crippen molar-refractivity contribution in [3.63, 3.8) is 0 Å². The van der Waals surface area contributed by atoms with Crippen molar-refractivity contribution in [3.05, 3.63) is 63.7 Å². The highest BCUT2D eigenvalue weighted by atomic mass is 35.5. The van der Waals surface area contributed by atoms with Gasteiger partial charge in [-0.25, -0.2) is 0 Å². The first kappa shape index (κ1) is 20.9. The van der Waals surface area contributed by atoms with Crippen LogP contribution in [0.5, 0.6) is 0 Å². The Morgan fingerprint density at radius 1 is 1.00 bits per heavy atom. The van der Waals surface area contributed by atoms with E-state index in [1.54, 1.807) is 24.3 Å². The van der Waals surface area contributed by atoms with Crippen LogP contribution in [0.1, 0.15) is 38.3 Å². The summed E-state index contributed by atoms with van der Waals surface area (Å²) in [6, 6.07) is 10.4. The van der Waals surface area contributed by atoms with Crippen LogP contribution in [0.3, 0.4) is 0 Å². The highest BCUT2D eigenvalue weighted by molar-refractivity contribution is 6.34. The smallest absolute Gasteiger partial charge is 0.255 e. The molecule has 0 aromatic heterocycles. The predicted octanol–water partition coefficient (Wildman–Crippen LogP) is 3.89. The molecule has 0 heterocycles. The molecule has 144 valence electrons. The molecule has 6 heteroatoms. The van der Waals surface area contributed by atoms with Gasteiger partial charge in [0.1, 0.15) is 0 Å². The lowest BCUT2D eigenvalue weighted by atomic mass is 10.1. The molecule has 2 amide bonds. The summed E-state index contributed by atoms with van der Waals surface area (Å²) in [6.07, 6.45) is 0.885. The summed E-state index contributed by atoms with van der Waals surface area (Å²) in [4.78, 5) is 26.7. The third-order valence-corrected chi connectivity index (χ3v) is 4.45. The Morgan fingerprint density at radius 2 is 1.59 bits per heavy atom. The van der Waals surface area contributed by atoms with E-state index in [0.29, 0.717) is 28.4 Å². The van der Waals surface area contributed by atoms with Crippen molar-refractivity contribution in [3.8, 4) is 0 Å². The fraction of sp³-hybridized carbons (Fsp3) is 0.333. The van der Waals surface area contributed by atoms with Crippen molar-refractivity contribution in [1.82, 2.24) is 10.2 Å². The summed E-state index contributed by atoms with van der Waals surface area (Å²) in [6.45, 7) is 5.39. The molecule has 2 aromatic rings. The van der Waals surface area contributed by atoms with Crippen LogP contribution in [-0.2, 0) is 0 Å². The molecule has 2 rings (SSSR count). The molecule has 0 unspecified atom stereocenters. The van der Waals surface area contributed by atoms with E-state index in [1.165, 1.54) is 0 Å². The zero-order chi connectivity index (χ0) is 20.0.